The van der Waals surface area contributed by atoms with Crippen molar-refractivity contribution in [2.75, 3.05) is 0 Å². The van der Waals surface area contributed by atoms with Crippen molar-refractivity contribution >= 4 is 0 Å². The molecule has 1 N–H and O–H groups in total. The second-order valence-corrected chi connectivity index (χ2v) is 3.19. The van der Waals surface area contributed by atoms with Gasteiger partial charge < -0.3 is 9.52 Å². The third kappa shape index (κ3) is 1.89. The fourth-order valence-electron chi connectivity index (χ4n) is 1.29. The minimum absolute atomic E-state index is 0.181. The van der Waals surface area contributed by atoms with E-state index in [0.29, 0.717) is 22.9 Å². The van der Waals surface area contributed by atoms with Gasteiger partial charge in [0, 0.05) is 5.56 Å². The van der Waals surface area contributed by atoms with Crippen molar-refractivity contribution in [3.8, 4) is 11.5 Å². The molecule has 0 aliphatic rings. The zero-order valence-corrected chi connectivity index (χ0v) is 8.20. The van der Waals surface area contributed by atoms with Gasteiger partial charge in [-0.1, -0.05) is 0 Å². The zero-order chi connectivity index (χ0) is 10.8. The maximum atomic E-state index is 12.7. The molecular formula is C11H10FNO2. The quantitative estimate of drug-likeness (QED) is 0.821. The third-order valence-electron chi connectivity index (χ3n) is 2.13. The molecule has 0 amide bonds. The summed E-state index contributed by atoms with van der Waals surface area (Å²) in [6.45, 7) is 1.57. The summed E-state index contributed by atoms with van der Waals surface area (Å²) in [5, 5.41) is 8.93. The van der Waals surface area contributed by atoms with Crippen LogP contribution in [-0.4, -0.2) is 10.1 Å². The number of nitrogens with zero attached hydrogens (tertiary/aromatic N) is 1. The Hall–Kier alpha value is -1.68. The molecule has 0 fully saturated rings. The molecule has 0 atom stereocenters. The minimum atomic E-state index is -0.301. The van der Waals surface area contributed by atoms with Crippen LogP contribution in [0.1, 0.15) is 11.5 Å². The number of benzene rings is 1. The molecule has 4 heteroatoms. The van der Waals surface area contributed by atoms with Gasteiger partial charge in [0.25, 0.3) is 0 Å². The lowest BCUT2D eigenvalue weighted by molar-refractivity contribution is 0.247. The molecule has 0 bridgehead atoms. The van der Waals surface area contributed by atoms with Gasteiger partial charge in [-0.15, -0.1) is 0 Å². The number of oxazole rings is 1. The summed E-state index contributed by atoms with van der Waals surface area (Å²) in [7, 11) is 0. The molecule has 0 saturated heterocycles. The van der Waals surface area contributed by atoms with Crippen molar-refractivity contribution in [3.05, 3.63) is 41.5 Å². The van der Waals surface area contributed by atoms with Crippen LogP contribution in [0.5, 0.6) is 0 Å². The highest BCUT2D eigenvalue weighted by Crippen LogP contribution is 2.21. The van der Waals surface area contributed by atoms with E-state index in [-0.39, 0.29) is 12.4 Å². The largest absolute Gasteiger partial charge is 0.438 e. The molecule has 15 heavy (non-hydrogen) atoms. The Morgan fingerprint density at radius 2 is 2.00 bits per heavy atom. The molecule has 0 radical (unpaired) electrons. The average Bonchev–Trinajstić information content (AvgIpc) is 2.61. The highest BCUT2D eigenvalue weighted by atomic mass is 19.1. The first-order chi connectivity index (χ1) is 7.20. The second-order valence-electron chi connectivity index (χ2n) is 3.19. The van der Waals surface area contributed by atoms with E-state index >= 15 is 0 Å². The highest BCUT2D eigenvalue weighted by molar-refractivity contribution is 5.53. The molecule has 0 unspecified atom stereocenters. The molecule has 1 heterocycles. The van der Waals surface area contributed by atoms with Gasteiger partial charge >= 0.3 is 0 Å². The summed E-state index contributed by atoms with van der Waals surface area (Å²) in [6.07, 6.45) is 0. The summed E-state index contributed by atoms with van der Waals surface area (Å²) in [4.78, 5) is 4.13. The first-order valence-corrected chi connectivity index (χ1v) is 4.54. The number of aliphatic hydroxyl groups excluding tert-OH is 1. The Labute approximate surface area is 86.2 Å². The van der Waals surface area contributed by atoms with Crippen LogP contribution in [0.2, 0.25) is 0 Å². The molecule has 1 aromatic carbocycles. The Kier molecular flexibility index (Phi) is 2.51. The van der Waals surface area contributed by atoms with Crippen molar-refractivity contribution < 1.29 is 13.9 Å². The summed E-state index contributed by atoms with van der Waals surface area (Å²) in [6, 6.07) is 5.85. The average molecular weight is 207 g/mol. The van der Waals surface area contributed by atoms with Gasteiger partial charge in [-0.05, 0) is 31.2 Å². The topological polar surface area (TPSA) is 46.3 Å². The summed E-state index contributed by atoms with van der Waals surface area (Å²) in [5.41, 5.74) is 1.34. The molecule has 0 aliphatic carbocycles. The number of aryl methyl sites for hydroxylation is 1. The number of aliphatic hydroxyl groups is 1. The van der Waals surface area contributed by atoms with Gasteiger partial charge in [0.1, 0.15) is 12.4 Å². The van der Waals surface area contributed by atoms with Crippen LogP contribution in [0.4, 0.5) is 4.39 Å². The first kappa shape index (κ1) is 9.86. The number of aromatic nitrogens is 1. The van der Waals surface area contributed by atoms with Gasteiger partial charge in [-0.3, -0.25) is 0 Å². The predicted octanol–water partition coefficient (Wildman–Crippen LogP) is 2.28. The van der Waals surface area contributed by atoms with Crippen LogP contribution in [0.25, 0.3) is 11.5 Å². The molecular weight excluding hydrogens is 197 g/mol. The zero-order valence-electron chi connectivity index (χ0n) is 8.20. The van der Waals surface area contributed by atoms with E-state index in [2.05, 4.69) is 4.98 Å². The van der Waals surface area contributed by atoms with Crippen molar-refractivity contribution in [3.63, 3.8) is 0 Å². The van der Waals surface area contributed by atoms with Crippen molar-refractivity contribution in [1.29, 1.82) is 0 Å². The van der Waals surface area contributed by atoms with E-state index in [0.717, 1.165) is 0 Å². The van der Waals surface area contributed by atoms with E-state index in [1.54, 1.807) is 19.1 Å². The third-order valence-corrected chi connectivity index (χ3v) is 2.13. The molecule has 3 nitrogen and oxygen atoms in total. The Bertz CT molecular complexity index is 462. The van der Waals surface area contributed by atoms with E-state index in [1.807, 2.05) is 0 Å². The summed E-state index contributed by atoms with van der Waals surface area (Å²) >= 11 is 0. The first-order valence-electron chi connectivity index (χ1n) is 4.54. The van der Waals surface area contributed by atoms with Gasteiger partial charge in [0.2, 0.25) is 5.89 Å². The standard InChI is InChI=1S/C11H10FNO2/c1-7-10(6-14)15-11(13-7)8-2-4-9(12)5-3-8/h2-5,14H,6H2,1H3. The van der Waals surface area contributed by atoms with E-state index in [4.69, 9.17) is 9.52 Å². The SMILES string of the molecule is Cc1nc(-c2ccc(F)cc2)oc1CO. The molecule has 1 aromatic heterocycles. The maximum Gasteiger partial charge on any atom is 0.226 e. The Morgan fingerprint density at radius 3 is 2.53 bits per heavy atom. The van der Waals surface area contributed by atoms with Crippen LogP contribution < -0.4 is 0 Å². The lowest BCUT2D eigenvalue weighted by Crippen LogP contribution is -1.81. The van der Waals surface area contributed by atoms with Crippen LogP contribution in [-0.2, 0) is 6.61 Å². The van der Waals surface area contributed by atoms with Crippen LogP contribution in [0.15, 0.2) is 28.7 Å². The molecule has 0 saturated carbocycles. The number of halogens is 1. The molecule has 2 aromatic rings. The lowest BCUT2D eigenvalue weighted by atomic mass is 10.2. The monoisotopic (exact) mass is 207 g/mol. The number of hydrogen-bond acceptors (Lipinski definition) is 3. The number of hydrogen-bond donors (Lipinski definition) is 1. The maximum absolute atomic E-state index is 12.7. The second kappa shape index (κ2) is 3.82. The Morgan fingerprint density at radius 1 is 1.33 bits per heavy atom. The molecule has 78 valence electrons. The van der Waals surface area contributed by atoms with Crippen molar-refractivity contribution in [1.82, 2.24) is 4.98 Å². The van der Waals surface area contributed by atoms with E-state index < -0.39 is 0 Å². The molecule has 0 spiro atoms. The van der Waals surface area contributed by atoms with Crippen LogP contribution in [0.3, 0.4) is 0 Å². The van der Waals surface area contributed by atoms with Gasteiger partial charge in [-0.25, -0.2) is 9.37 Å². The lowest BCUT2D eigenvalue weighted by Gasteiger charge is -1.94. The highest BCUT2D eigenvalue weighted by Gasteiger charge is 2.10. The van der Waals surface area contributed by atoms with Crippen LogP contribution >= 0.6 is 0 Å². The molecule has 0 aliphatic heterocycles. The fraction of sp³-hybridized carbons (Fsp3) is 0.182. The smallest absolute Gasteiger partial charge is 0.226 e. The number of rotatable bonds is 2. The van der Waals surface area contributed by atoms with Crippen molar-refractivity contribution in [2.45, 2.75) is 13.5 Å². The fourth-order valence-corrected chi connectivity index (χ4v) is 1.29. The summed E-state index contributed by atoms with van der Waals surface area (Å²) < 4.78 is 18.0. The van der Waals surface area contributed by atoms with Gasteiger partial charge in [0.15, 0.2) is 5.76 Å². The van der Waals surface area contributed by atoms with E-state index in [1.165, 1.54) is 12.1 Å². The van der Waals surface area contributed by atoms with Gasteiger partial charge in [-0.2, -0.15) is 0 Å². The summed E-state index contributed by atoms with van der Waals surface area (Å²) in [5.74, 6) is 0.537. The van der Waals surface area contributed by atoms with Crippen LogP contribution in [0, 0.1) is 12.7 Å². The Balaban J connectivity index is 2.41. The van der Waals surface area contributed by atoms with E-state index in [9.17, 15) is 4.39 Å². The van der Waals surface area contributed by atoms with Crippen molar-refractivity contribution in [2.24, 2.45) is 0 Å². The minimum Gasteiger partial charge on any atom is -0.438 e. The predicted molar refractivity (Wildman–Crippen MR) is 52.6 cm³/mol. The van der Waals surface area contributed by atoms with Gasteiger partial charge in [0.05, 0.1) is 5.69 Å². The normalized spacial score (nSPS) is 10.6. The molecule has 2 rings (SSSR count).